The Kier molecular flexibility index (Phi) is 32.7. The molecule has 0 bridgehead atoms. The van der Waals surface area contributed by atoms with Crippen molar-refractivity contribution in [2.45, 2.75) is 287 Å². The van der Waals surface area contributed by atoms with Crippen LogP contribution in [0.25, 0.3) is 61.6 Å². The third kappa shape index (κ3) is 25.2. The van der Waals surface area contributed by atoms with Gasteiger partial charge in [-0.15, -0.1) is 12.4 Å². The Labute approximate surface area is 843 Å². The van der Waals surface area contributed by atoms with Crippen LogP contribution in [-0.4, -0.2) is 182 Å². The first-order chi connectivity index (χ1) is 65.6. The average molecular weight is 2050 g/mol. The number of halogens is 2. The Bertz CT molecular complexity index is 7260. The number of hydrogen-bond acceptors (Lipinski definition) is 26. The summed E-state index contributed by atoms with van der Waals surface area (Å²) in [4.78, 5) is 115. The van der Waals surface area contributed by atoms with E-state index in [0.717, 1.165) is 70.7 Å². The van der Waals surface area contributed by atoms with Gasteiger partial charge in [0.25, 0.3) is 22.2 Å². The van der Waals surface area contributed by atoms with Gasteiger partial charge in [-0.05, 0) is 310 Å². The number of aromatic amines is 1. The van der Waals surface area contributed by atoms with Gasteiger partial charge in [-0.3, -0.25) is 43.0 Å². The van der Waals surface area contributed by atoms with Gasteiger partial charge in [-0.2, -0.15) is 30.4 Å². The zero-order valence-electron chi connectivity index (χ0n) is 85.9. The number of anilines is 5. The van der Waals surface area contributed by atoms with E-state index in [1.807, 2.05) is 214 Å². The standard InChI is InChI=1S/C29H38N8O3.C24H30N8O.C16H22N6OS.C14H20N2O2.C9H12N4OS.C7H11BrN2.ClH/c1-18(2)36-25(38)22-16-30-26(32-24(22)37(36)23-12-14-35(33-23)28(3,4)5)31-21-10-9-20-17-34(13-11-19(20)15-21)27(39)40-29(6,7)8;1-15(2)31-22(33)19-14-26-23(27-18-7-6-17-13-25-10-8-16(17)12-18)28-21(19)32(31)20-9-11-30(29-20)24(3,4)5;1-10(2)21-14(23)11-9-17-15(24-6)18-13(11)22(21)12-7-8-20(19-12)16(3,4)5;1-14(2,3)18-13(17)16-7-6-10-8-12(15)5-4-11(10)9-16;1-5(2)13-8(14)6-4-10-9(15-3)11-7(6)12-13;1-7(2,3)10-5-4-6(8)9-10;/h9-10,12,14-16,18H,11,13,17H2,1-8H3,(H,30,31,32);6-7,9,11-12,14-15,25H,8,10,13H2,1-5H3,(H,26,27,28);7-10H,1-6H3;4-5,8H,6-7,9,15H2,1-3H3;4-5H,1-3H3,(H,10,11,12);4-5H,1-3H3;1H. The van der Waals surface area contributed by atoms with Gasteiger partial charge in [-0.1, -0.05) is 41.7 Å². The van der Waals surface area contributed by atoms with Crippen molar-refractivity contribution < 1.29 is 19.1 Å². The predicted molar refractivity (Wildman–Crippen MR) is 564 cm³/mol. The summed E-state index contributed by atoms with van der Waals surface area (Å²) in [5.74, 6) is 2.77. The van der Waals surface area contributed by atoms with Gasteiger partial charge in [-0.25, -0.2) is 72.3 Å². The number of fused-ring (bicyclic) bond motifs is 7. The molecule has 0 spiro atoms. The molecule has 18 rings (SSSR count). The molecule has 3 aliphatic heterocycles. The van der Waals surface area contributed by atoms with Crippen molar-refractivity contribution in [1.82, 2.24) is 132 Å². The zero-order chi connectivity index (χ0) is 102. The number of carbonyl (C=O) groups excluding carboxylic acids is 2. The molecule has 12 aromatic heterocycles. The fourth-order valence-corrected chi connectivity index (χ4v) is 16.6. The Morgan fingerprint density at radius 1 is 0.433 bits per heavy atom. The van der Waals surface area contributed by atoms with Crippen molar-refractivity contribution >= 4 is 137 Å². The van der Waals surface area contributed by atoms with E-state index < -0.39 is 11.2 Å². The third-order valence-electron chi connectivity index (χ3n) is 22.7. The van der Waals surface area contributed by atoms with E-state index in [-0.39, 0.29) is 93.2 Å². The number of amides is 2. The maximum atomic E-state index is 13.3. The number of thioether (sulfide) groups is 2. The highest BCUT2D eigenvalue weighted by atomic mass is 79.9. The minimum Gasteiger partial charge on any atom is -0.444 e. The van der Waals surface area contributed by atoms with Gasteiger partial charge >= 0.3 is 12.2 Å². The molecule has 3 aliphatic rings. The first-order valence-electron chi connectivity index (χ1n) is 46.9. The second kappa shape index (κ2) is 43.0. The molecule has 38 nitrogen and oxygen atoms in total. The number of rotatable bonds is 13. The molecule has 0 unspecified atom stereocenters. The highest BCUT2D eigenvalue weighted by Gasteiger charge is 2.32. The van der Waals surface area contributed by atoms with Crippen molar-refractivity contribution in [3.05, 3.63) is 208 Å². The molecule has 0 atom stereocenters. The zero-order valence-corrected chi connectivity index (χ0v) is 90.0. The van der Waals surface area contributed by atoms with Crippen LogP contribution in [0.4, 0.5) is 38.5 Å². The lowest BCUT2D eigenvalue weighted by Gasteiger charge is -2.31. The molecule has 2 amide bonds. The van der Waals surface area contributed by atoms with E-state index in [2.05, 4.69) is 178 Å². The van der Waals surface area contributed by atoms with E-state index >= 15 is 0 Å². The van der Waals surface area contributed by atoms with Crippen molar-refractivity contribution in [2.24, 2.45) is 0 Å². The van der Waals surface area contributed by atoms with Crippen LogP contribution < -0.4 is 43.9 Å². The average Bonchev–Trinajstić information content (AvgIpc) is 1.60. The van der Waals surface area contributed by atoms with Gasteiger partial charge < -0.3 is 41.0 Å². The molecule has 3 aromatic carbocycles. The Balaban J connectivity index is 0.000000159. The van der Waals surface area contributed by atoms with Crippen LogP contribution in [0, 0.1) is 0 Å². The first kappa shape index (κ1) is 107. The van der Waals surface area contributed by atoms with E-state index in [4.69, 9.17) is 35.4 Å². The minimum absolute atomic E-state index is 0. The van der Waals surface area contributed by atoms with Crippen LogP contribution in [0.5, 0.6) is 0 Å². The van der Waals surface area contributed by atoms with Gasteiger partial charge in [0.15, 0.2) is 50.4 Å². The van der Waals surface area contributed by atoms with E-state index in [1.165, 1.54) is 40.2 Å². The molecule has 754 valence electrons. The van der Waals surface area contributed by atoms with Crippen LogP contribution in [0.3, 0.4) is 0 Å². The number of nitrogens with zero attached hydrogens (tertiary/aromatic N) is 25. The lowest BCUT2D eigenvalue weighted by molar-refractivity contribution is 0.0214. The highest BCUT2D eigenvalue weighted by Crippen LogP contribution is 2.32. The smallest absolute Gasteiger partial charge is 0.410 e. The second-order valence-electron chi connectivity index (χ2n) is 41.7. The molecule has 0 radical (unpaired) electrons. The molecule has 0 saturated heterocycles. The number of nitrogens with one attached hydrogen (secondary N) is 4. The molecular formula is C99H134BrClN30O8S2. The predicted octanol–water partition coefficient (Wildman–Crippen LogP) is 18.3. The van der Waals surface area contributed by atoms with Crippen LogP contribution in [0.15, 0.2) is 163 Å². The molecular weight excluding hydrogens is 1920 g/mol. The van der Waals surface area contributed by atoms with Crippen LogP contribution in [-0.2, 0) is 70.5 Å². The summed E-state index contributed by atoms with van der Waals surface area (Å²) >= 11 is 6.19. The van der Waals surface area contributed by atoms with E-state index in [1.54, 1.807) is 67.4 Å². The topological polar surface area (TPSA) is 414 Å². The maximum absolute atomic E-state index is 13.3. The summed E-state index contributed by atoms with van der Waals surface area (Å²) in [6, 6.07) is 25.7. The van der Waals surface area contributed by atoms with Gasteiger partial charge in [0.05, 0.1) is 22.2 Å². The summed E-state index contributed by atoms with van der Waals surface area (Å²) in [5.41, 5.74) is 15.9. The largest absolute Gasteiger partial charge is 0.444 e. The minimum atomic E-state index is -0.528. The second-order valence-corrected chi connectivity index (χ2v) is 44.1. The number of H-pyrrole nitrogens is 1. The highest BCUT2D eigenvalue weighted by molar-refractivity contribution is 9.10. The number of nitrogen functional groups attached to an aromatic ring is 1. The van der Waals surface area contributed by atoms with Crippen LogP contribution >= 0.6 is 51.9 Å². The van der Waals surface area contributed by atoms with Crippen LogP contribution in [0.2, 0.25) is 0 Å². The van der Waals surface area contributed by atoms with E-state index in [0.29, 0.717) is 110 Å². The Morgan fingerprint density at radius 3 is 1.18 bits per heavy atom. The summed E-state index contributed by atoms with van der Waals surface area (Å²) in [5, 5.41) is 34.6. The lowest BCUT2D eigenvalue weighted by atomic mass is 9.99. The number of aromatic nitrogens is 24. The molecule has 0 fully saturated rings. The van der Waals surface area contributed by atoms with Crippen molar-refractivity contribution in [2.75, 3.05) is 48.5 Å². The van der Waals surface area contributed by atoms with Crippen molar-refractivity contribution in [3.63, 3.8) is 0 Å². The number of nitrogens with two attached hydrogens (primary N) is 1. The number of benzene rings is 3. The molecule has 141 heavy (non-hydrogen) atoms. The summed E-state index contributed by atoms with van der Waals surface area (Å²) < 4.78 is 31.4. The summed E-state index contributed by atoms with van der Waals surface area (Å²) in [6.45, 7) is 56.3. The van der Waals surface area contributed by atoms with E-state index in [9.17, 15) is 28.8 Å². The number of ether oxygens (including phenoxy) is 2. The fraction of sp³-hybridized carbons (Fsp3) is 0.475. The summed E-state index contributed by atoms with van der Waals surface area (Å²) in [7, 11) is 0. The number of carbonyl (C=O) groups is 2. The molecule has 0 aliphatic carbocycles. The number of hydrogen-bond donors (Lipinski definition) is 5. The Hall–Kier alpha value is -12.7. The van der Waals surface area contributed by atoms with Gasteiger partial charge in [0, 0.05) is 142 Å². The summed E-state index contributed by atoms with van der Waals surface area (Å²) in [6.07, 6.45) is 19.9. The molecule has 15 aromatic rings. The quantitative estimate of drug-likeness (QED) is 0.0406. The molecule has 42 heteroatoms. The van der Waals surface area contributed by atoms with Gasteiger partial charge in [0.1, 0.15) is 37.4 Å². The monoisotopic (exact) mass is 2050 g/mol. The first-order valence-corrected chi connectivity index (χ1v) is 50.2. The molecule has 15 heterocycles. The normalized spacial score (nSPS) is 13.4. The van der Waals surface area contributed by atoms with Crippen molar-refractivity contribution in [3.8, 4) is 17.5 Å². The fourth-order valence-electron chi connectivity index (χ4n) is 15.7. The van der Waals surface area contributed by atoms with Crippen LogP contribution in [0.1, 0.15) is 238 Å². The van der Waals surface area contributed by atoms with Gasteiger partial charge in [0.2, 0.25) is 11.9 Å². The maximum Gasteiger partial charge on any atom is 0.410 e. The lowest BCUT2D eigenvalue weighted by Crippen LogP contribution is -2.39. The Morgan fingerprint density at radius 2 is 0.801 bits per heavy atom. The third-order valence-corrected chi connectivity index (χ3v) is 24.2. The SMILES string of the molecule is CC(C)(C)OC(=O)N1CCc2cc(N)ccc2C1.CC(C)(C)n1ccc(Br)n1.CC(C)n1c(=O)c2cnc(Nc3ccc4c(c3)CCN(C(=O)OC(C)(C)C)C4)nc2n1-c1ccn(C(C)(C)C)n1.CC(C)n1c(=O)c2cnc(Nc3ccc4c(c3)CCNC4)nc2n1-c1ccn(C(C)(C)C)n1.CSc1ncc2c(=O)n(C(C)C)[nH]c2n1.CSc1ncc2c(=O)n(C(C)C)n(-c3ccn(C(C)(C)C)n3)c2n1.Cl. The van der Waals surface area contributed by atoms with Crippen molar-refractivity contribution in [1.29, 1.82) is 0 Å². The molecule has 6 N–H and O–H groups in total. The molecule has 0 saturated carbocycles.